The lowest BCUT2D eigenvalue weighted by molar-refractivity contribution is 0.0992. The van der Waals surface area contributed by atoms with Gasteiger partial charge in [-0.15, -0.1) is 0 Å². The first-order valence-electron chi connectivity index (χ1n) is 9.96. The summed E-state index contributed by atoms with van der Waals surface area (Å²) in [6.07, 6.45) is 0. The Kier molecular flexibility index (Phi) is 6.28. The van der Waals surface area contributed by atoms with E-state index in [4.69, 9.17) is 20.8 Å². The maximum Gasteiger partial charge on any atom is 0.291 e. The number of carbonyl (C=O) groups excluding carboxylic acids is 1. The molecule has 0 saturated carbocycles. The lowest BCUT2D eigenvalue weighted by atomic mass is 10.2. The third-order valence-electron chi connectivity index (χ3n) is 4.93. The van der Waals surface area contributed by atoms with Crippen molar-refractivity contribution in [1.82, 2.24) is 9.78 Å². The molecule has 8 heteroatoms. The maximum atomic E-state index is 13.5. The van der Waals surface area contributed by atoms with Crippen molar-refractivity contribution in [3.8, 4) is 5.75 Å². The molecule has 4 aromatic rings. The minimum atomic E-state index is -0.398. The van der Waals surface area contributed by atoms with Crippen LogP contribution in [0.2, 0.25) is 5.02 Å². The zero-order chi connectivity index (χ0) is 22.7. The number of anilines is 1. The molecule has 0 aliphatic carbocycles. The molecule has 4 rings (SSSR count). The van der Waals surface area contributed by atoms with Crippen molar-refractivity contribution in [2.45, 2.75) is 27.0 Å². The van der Waals surface area contributed by atoms with Crippen LogP contribution in [0.15, 0.2) is 65.1 Å². The molecule has 0 atom stereocenters. The number of hydrogen-bond acceptors (Lipinski definition) is 4. The molecule has 2 aromatic heterocycles. The summed E-state index contributed by atoms with van der Waals surface area (Å²) in [5, 5.41) is 7.83. The van der Waals surface area contributed by atoms with Gasteiger partial charge < -0.3 is 14.5 Å². The van der Waals surface area contributed by atoms with Crippen LogP contribution in [-0.4, -0.2) is 15.7 Å². The van der Waals surface area contributed by atoms with Crippen LogP contribution in [0.3, 0.4) is 0 Å². The Labute approximate surface area is 189 Å². The molecule has 0 spiro atoms. The minimum absolute atomic E-state index is 0.140. The quantitative estimate of drug-likeness (QED) is 0.386. The summed E-state index contributed by atoms with van der Waals surface area (Å²) in [4.78, 5) is 12.7. The van der Waals surface area contributed by atoms with Gasteiger partial charge in [-0.2, -0.15) is 5.10 Å². The summed E-state index contributed by atoms with van der Waals surface area (Å²) in [7, 11) is 0. The number of ether oxygens (including phenoxy) is 1. The number of furan rings is 1. The van der Waals surface area contributed by atoms with Gasteiger partial charge in [-0.1, -0.05) is 35.9 Å². The van der Waals surface area contributed by atoms with Crippen LogP contribution < -0.4 is 10.1 Å². The van der Waals surface area contributed by atoms with Crippen LogP contribution in [0.4, 0.5) is 10.1 Å². The molecule has 0 saturated heterocycles. The lowest BCUT2D eigenvalue weighted by Crippen LogP contribution is -2.12. The number of rotatable bonds is 7. The Hall–Kier alpha value is -3.58. The second-order valence-electron chi connectivity index (χ2n) is 7.27. The highest BCUT2D eigenvalue weighted by Crippen LogP contribution is 2.25. The molecule has 0 radical (unpaired) electrons. The fraction of sp³-hybridized carbons (Fsp3) is 0.167. The van der Waals surface area contributed by atoms with Gasteiger partial charge in [0, 0.05) is 0 Å². The number of nitrogens with one attached hydrogen (secondary N) is 1. The lowest BCUT2D eigenvalue weighted by Gasteiger charge is -2.07. The van der Waals surface area contributed by atoms with Crippen molar-refractivity contribution in [1.29, 1.82) is 0 Å². The van der Waals surface area contributed by atoms with Gasteiger partial charge in [-0.25, -0.2) is 4.39 Å². The molecule has 1 N–H and O–H groups in total. The maximum absolute atomic E-state index is 13.5. The van der Waals surface area contributed by atoms with E-state index in [1.807, 2.05) is 25.1 Å². The first kappa shape index (κ1) is 21.6. The van der Waals surface area contributed by atoms with Crippen molar-refractivity contribution in [3.63, 3.8) is 0 Å². The van der Waals surface area contributed by atoms with Gasteiger partial charge in [-0.05, 0) is 55.8 Å². The number of hydrogen-bond donors (Lipinski definition) is 1. The molecular formula is C24H21ClFN3O3. The number of aryl methyl sites for hydroxylation is 1. The van der Waals surface area contributed by atoms with E-state index in [2.05, 4.69) is 10.4 Å². The molecule has 32 heavy (non-hydrogen) atoms. The molecule has 2 aromatic carbocycles. The van der Waals surface area contributed by atoms with Crippen molar-refractivity contribution >= 4 is 23.2 Å². The largest absolute Gasteiger partial charge is 0.484 e. The van der Waals surface area contributed by atoms with Crippen LogP contribution in [0.1, 0.15) is 33.3 Å². The Bertz CT molecular complexity index is 1270. The predicted octanol–water partition coefficient (Wildman–Crippen LogP) is 5.77. The zero-order valence-corrected chi connectivity index (χ0v) is 18.3. The third kappa shape index (κ3) is 4.84. The van der Waals surface area contributed by atoms with E-state index < -0.39 is 5.91 Å². The monoisotopic (exact) mass is 453 g/mol. The van der Waals surface area contributed by atoms with Gasteiger partial charge in [-0.3, -0.25) is 9.48 Å². The van der Waals surface area contributed by atoms with Crippen molar-refractivity contribution in [2.75, 3.05) is 5.32 Å². The minimum Gasteiger partial charge on any atom is -0.484 e. The van der Waals surface area contributed by atoms with Crippen molar-refractivity contribution < 1.29 is 18.3 Å². The molecule has 0 aliphatic heterocycles. The molecule has 2 heterocycles. The van der Waals surface area contributed by atoms with Crippen LogP contribution in [0, 0.1) is 19.7 Å². The molecule has 0 bridgehead atoms. The van der Waals surface area contributed by atoms with Gasteiger partial charge in [0.1, 0.15) is 23.9 Å². The van der Waals surface area contributed by atoms with Crippen LogP contribution >= 0.6 is 11.6 Å². The van der Waals surface area contributed by atoms with Crippen molar-refractivity contribution in [3.05, 3.63) is 100.0 Å². The summed E-state index contributed by atoms with van der Waals surface area (Å²) in [6, 6.07) is 16.7. The summed E-state index contributed by atoms with van der Waals surface area (Å²) in [5.74, 6) is 0.480. The van der Waals surface area contributed by atoms with E-state index in [1.54, 1.807) is 41.9 Å². The summed E-state index contributed by atoms with van der Waals surface area (Å²) in [5.41, 5.74) is 2.79. The molecule has 1 amide bonds. The van der Waals surface area contributed by atoms with E-state index in [9.17, 15) is 9.18 Å². The smallest absolute Gasteiger partial charge is 0.291 e. The molecule has 0 aliphatic rings. The second kappa shape index (κ2) is 9.28. The molecular weight excluding hydrogens is 433 g/mol. The van der Waals surface area contributed by atoms with E-state index in [1.165, 1.54) is 12.1 Å². The first-order valence-corrected chi connectivity index (χ1v) is 10.3. The van der Waals surface area contributed by atoms with Crippen LogP contribution in [-0.2, 0) is 13.2 Å². The number of carbonyl (C=O) groups is 1. The Balaban J connectivity index is 1.43. The summed E-state index contributed by atoms with van der Waals surface area (Å²) in [6.45, 7) is 4.18. The number of nitrogens with zero attached hydrogens (tertiary/aromatic N) is 2. The van der Waals surface area contributed by atoms with Gasteiger partial charge in [0.05, 0.1) is 28.6 Å². The molecule has 164 valence electrons. The van der Waals surface area contributed by atoms with E-state index in [-0.39, 0.29) is 18.2 Å². The van der Waals surface area contributed by atoms with E-state index in [0.29, 0.717) is 34.5 Å². The van der Waals surface area contributed by atoms with Gasteiger partial charge in [0.25, 0.3) is 5.91 Å². The highest BCUT2D eigenvalue weighted by Gasteiger charge is 2.18. The molecule has 0 fully saturated rings. The predicted molar refractivity (Wildman–Crippen MR) is 120 cm³/mol. The first-order chi connectivity index (χ1) is 15.4. The SMILES string of the molecule is Cc1nn(Cc2cccc(F)c2)c(C)c1NC(=O)c1ccc(COc2ccccc2Cl)o1. The van der Waals surface area contributed by atoms with Crippen LogP contribution in [0.5, 0.6) is 5.75 Å². The second-order valence-corrected chi connectivity index (χ2v) is 7.68. The normalized spacial score (nSPS) is 10.9. The number of aromatic nitrogens is 2. The number of amides is 1. The number of benzene rings is 2. The highest BCUT2D eigenvalue weighted by molar-refractivity contribution is 6.32. The fourth-order valence-corrected chi connectivity index (χ4v) is 3.49. The van der Waals surface area contributed by atoms with Gasteiger partial charge >= 0.3 is 0 Å². The average Bonchev–Trinajstić information content (AvgIpc) is 3.34. The van der Waals surface area contributed by atoms with E-state index >= 15 is 0 Å². The molecule has 0 unspecified atom stereocenters. The topological polar surface area (TPSA) is 69.3 Å². The fourth-order valence-electron chi connectivity index (χ4n) is 3.30. The van der Waals surface area contributed by atoms with Gasteiger partial charge in [0.15, 0.2) is 5.76 Å². The highest BCUT2D eigenvalue weighted by atomic mass is 35.5. The van der Waals surface area contributed by atoms with Crippen molar-refractivity contribution in [2.24, 2.45) is 0 Å². The molecule has 6 nitrogen and oxygen atoms in total. The van der Waals surface area contributed by atoms with Gasteiger partial charge in [0.2, 0.25) is 0 Å². The van der Waals surface area contributed by atoms with Crippen LogP contribution in [0.25, 0.3) is 0 Å². The number of halogens is 2. The Morgan fingerprint density at radius 1 is 1.16 bits per heavy atom. The Morgan fingerprint density at radius 2 is 1.97 bits per heavy atom. The standard InChI is InChI=1S/C24H21ClFN3O3/c1-15-23(16(2)29(28-15)13-17-6-5-7-18(26)12-17)27-24(30)22-11-10-19(32-22)14-31-21-9-4-3-8-20(21)25/h3-12H,13-14H2,1-2H3,(H,27,30). The average molecular weight is 454 g/mol. The third-order valence-corrected chi connectivity index (χ3v) is 5.25. The Morgan fingerprint density at radius 3 is 2.75 bits per heavy atom. The number of para-hydroxylation sites is 1. The zero-order valence-electron chi connectivity index (χ0n) is 17.6. The van der Waals surface area contributed by atoms with E-state index in [0.717, 1.165) is 11.3 Å². The summed E-state index contributed by atoms with van der Waals surface area (Å²) >= 11 is 6.08. The summed E-state index contributed by atoms with van der Waals surface area (Å²) < 4.78 is 26.5.